The number of aliphatic imine (C=N–C) groups is 3. The quantitative estimate of drug-likeness (QED) is 0.117. The van der Waals surface area contributed by atoms with Gasteiger partial charge in [-0.1, -0.05) is 0 Å². The van der Waals surface area contributed by atoms with Crippen molar-refractivity contribution in [1.82, 2.24) is 26.6 Å². The molecule has 0 fully saturated rings. The number of amidine groups is 1. The van der Waals surface area contributed by atoms with Crippen LogP contribution >= 0.6 is 0 Å². The van der Waals surface area contributed by atoms with E-state index in [1.54, 1.807) is 90.1 Å². The molecule has 0 heterocycles. The molecule has 9 N–H and O–H groups in total. The maximum atomic E-state index is 11.8. The number of nitrogens with two attached hydrogens (primary N) is 2. The molecule has 0 saturated carbocycles. The van der Waals surface area contributed by atoms with E-state index in [1.807, 2.05) is 0 Å². The molecule has 0 spiro atoms. The molecule has 0 radical (unpaired) electrons. The van der Waals surface area contributed by atoms with Crippen LogP contribution in [0.15, 0.2) is 15.0 Å². The number of nitrogens with zero attached hydrogens (tertiary/aromatic N) is 3. The number of hydrogen-bond donors (Lipinski definition) is 7. The summed E-state index contributed by atoms with van der Waals surface area (Å²) in [6, 6.07) is 0. The molecule has 0 aromatic carbocycles. The SMILES string of the molecule is CC(=NC(=O)OC(C)(C)C)NC(=O)OC(C)(C)C.CNC(=O)CCN=C(N)N.CNC(=O)CCN=C(NC(=O)OC(C)(C)C)NC(=O)OC(C)(C)C. The number of amides is 6. The Morgan fingerprint density at radius 1 is 0.538 bits per heavy atom. The van der Waals surface area contributed by atoms with Crippen LogP contribution < -0.4 is 38.1 Å². The molecule has 0 unspecified atom stereocenters. The molecule has 52 heavy (non-hydrogen) atoms. The van der Waals surface area contributed by atoms with Crippen LogP contribution in [0.5, 0.6) is 0 Å². The fourth-order valence-corrected chi connectivity index (χ4v) is 2.62. The number of carbonyl (C=O) groups excluding carboxylic acids is 6. The Balaban J connectivity index is -0.000000752. The lowest BCUT2D eigenvalue weighted by molar-refractivity contribution is -0.121. The summed E-state index contributed by atoms with van der Waals surface area (Å²) in [5.41, 5.74) is 7.40. The molecule has 6 amide bonds. The van der Waals surface area contributed by atoms with E-state index in [1.165, 1.54) is 14.0 Å². The van der Waals surface area contributed by atoms with Crippen molar-refractivity contribution in [2.45, 2.75) is 125 Å². The third-order valence-corrected chi connectivity index (χ3v) is 4.37. The third kappa shape index (κ3) is 39.3. The fraction of sp³-hybridized carbons (Fsp3) is 0.719. The maximum absolute atomic E-state index is 11.8. The summed E-state index contributed by atoms with van der Waals surface area (Å²) in [7, 11) is 3.07. The van der Waals surface area contributed by atoms with Gasteiger partial charge in [-0.3, -0.25) is 35.5 Å². The van der Waals surface area contributed by atoms with Gasteiger partial charge >= 0.3 is 24.4 Å². The molecule has 20 nitrogen and oxygen atoms in total. The van der Waals surface area contributed by atoms with Crippen molar-refractivity contribution in [3.05, 3.63) is 0 Å². The topological polar surface area (TPSA) is 289 Å². The lowest BCUT2D eigenvalue weighted by Crippen LogP contribution is -2.47. The number of rotatable bonds is 6. The van der Waals surface area contributed by atoms with Crippen molar-refractivity contribution in [3.63, 3.8) is 0 Å². The van der Waals surface area contributed by atoms with E-state index in [2.05, 4.69) is 41.6 Å². The highest BCUT2D eigenvalue weighted by Crippen LogP contribution is 2.09. The normalized spacial score (nSPS) is 11.2. The summed E-state index contributed by atoms with van der Waals surface area (Å²) in [5, 5.41) is 11.9. The van der Waals surface area contributed by atoms with Crippen molar-refractivity contribution in [2.75, 3.05) is 27.2 Å². The Kier molecular flexibility index (Phi) is 23.7. The zero-order valence-corrected chi connectivity index (χ0v) is 33.4. The van der Waals surface area contributed by atoms with E-state index in [0.29, 0.717) is 13.0 Å². The molecule has 0 aromatic rings. The number of hydrogen-bond acceptors (Lipinski definition) is 12. The lowest BCUT2D eigenvalue weighted by atomic mass is 10.2. The molecule has 0 atom stereocenters. The van der Waals surface area contributed by atoms with Crippen molar-refractivity contribution in [3.8, 4) is 0 Å². The van der Waals surface area contributed by atoms with Gasteiger partial charge in [-0.15, -0.1) is 0 Å². The van der Waals surface area contributed by atoms with E-state index in [9.17, 15) is 28.8 Å². The predicted octanol–water partition coefficient (Wildman–Crippen LogP) is 2.79. The molecule has 0 aliphatic heterocycles. The van der Waals surface area contributed by atoms with Crippen LogP contribution in [0.4, 0.5) is 19.2 Å². The van der Waals surface area contributed by atoms with E-state index in [0.717, 1.165) is 0 Å². The largest absolute Gasteiger partial charge is 0.444 e. The van der Waals surface area contributed by atoms with Gasteiger partial charge in [0.1, 0.15) is 28.2 Å². The van der Waals surface area contributed by atoms with Crippen LogP contribution in [0, 0.1) is 0 Å². The Morgan fingerprint density at radius 2 is 0.865 bits per heavy atom. The standard InChI is InChI=1S/C15H28N4O5.C12H22N2O4.C5H12N4O/c1-14(2,3)23-12(21)18-11(17-9-8-10(20)16-7)19-13(22)24-15(4,5)6;1-8(13-9(15)17-11(2,3)4)14-10(16)18-12(5,6)7;1-8-4(10)2-3-9-5(6)7/h8-9H2,1-7H3,(H,16,20)(H2,17,18,19,21,22);1-7H3,(H,13,14,15,16);2-3H2,1H3,(H,8,10)(H4,6,7,9). The van der Waals surface area contributed by atoms with Crippen molar-refractivity contribution < 1.29 is 47.7 Å². The first-order chi connectivity index (χ1) is 23.4. The molecular weight excluding hydrogens is 684 g/mol. The molecule has 0 bridgehead atoms. The van der Waals surface area contributed by atoms with Gasteiger partial charge < -0.3 is 41.0 Å². The highest BCUT2D eigenvalue weighted by molar-refractivity contribution is 6.01. The monoisotopic (exact) mass is 746 g/mol. The van der Waals surface area contributed by atoms with E-state index in [4.69, 9.17) is 30.4 Å². The van der Waals surface area contributed by atoms with Crippen molar-refractivity contribution >= 4 is 53.9 Å². The number of nitrogens with one attached hydrogen (secondary N) is 5. The number of carbonyl (C=O) groups is 6. The highest BCUT2D eigenvalue weighted by atomic mass is 16.6. The first-order valence-corrected chi connectivity index (χ1v) is 16.2. The van der Waals surface area contributed by atoms with Crippen LogP contribution in [-0.2, 0) is 28.5 Å². The van der Waals surface area contributed by atoms with Crippen molar-refractivity contribution in [1.29, 1.82) is 0 Å². The summed E-state index contributed by atoms with van der Waals surface area (Å²) in [6.45, 7) is 22.6. The summed E-state index contributed by atoms with van der Waals surface area (Å²) in [6.07, 6.45) is -2.54. The molecular formula is C32H62N10O10. The summed E-state index contributed by atoms with van der Waals surface area (Å²) in [4.78, 5) is 79.2. The van der Waals surface area contributed by atoms with Crippen LogP contribution in [-0.4, -0.2) is 104 Å². The average Bonchev–Trinajstić information content (AvgIpc) is 2.88. The Morgan fingerprint density at radius 3 is 1.17 bits per heavy atom. The van der Waals surface area contributed by atoms with Crippen LogP contribution in [0.1, 0.15) is 103 Å². The summed E-state index contributed by atoms with van der Waals surface area (Å²) < 4.78 is 20.2. The summed E-state index contributed by atoms with van der Waals surface area (Å²) in [5.74, 6) is -0.289. The highest BCUT2D eigenvalue weighted by Gasteiger charge is 2.22. The second kappa shape index (κ2) is 24.1. The van der Waals surface area contributed by atoms with Gasteiger partial charge in [0, 0.05) is 26.9 Å². The molecule has 0 aliphatic rings. The Hall–Kier alpha value is -5.17. The Bertz CT molecular complexity index is 1230. The van der Waals surface area contributed by atoms with Crippen LogP contribution in [0.3, 0.4) is 0 Å². The van der Waals surface area contributed by atoms with Crippen LogP contribution in [0.25, 0.3) is 0 Å². The van der Waals surface area contributed by atoms with Gasteiger partial charge in [0.05, 0.1) is 13.1 Å². The van der Waals surface area contributed by atoms with E-state index >= 15 is 0 Å². The van der Waals surface area contributed by atoms with Gasteiger partial charge in [0.2, 0.25) is 17.8 Å². The van der Waals surface area contributed by atoms with Gasteiger partial charge in [-0.2, -0.15) is 4.99 Å². The zero-order chi connectivity index (χ0) is 41.5. The molecule has 0 aromatic heterocycles. The Labute approximate surface area is 307 Å². The van der Waals surface area contributed by atoms with Gasteiger partial charge in [0.25, 0.3) is 0 Å². The van der Waals surface area contributed by atoms with Gasteiger partial charge in [-0.05, 0) is 90.0 Å². The first-order valence-electron chi connectivity index (χ1n) is 16.2. The molecule has 20 heteroatoms. The van der Waals surface area contributed by atoms with E-state index < -0.39 is 46.8 Å². The number of ether oxygens (including phenoxy) is 4. The molecule has 0 saturated heterocycles. The lowest BCUT2D eigenvalue weighted by Gasteiger charge is -2.22. The van der Waals surface area contributed by atoms with Gasteiger partial charge in [-0.25, -0.2) is 19.2 Å². The summed E-state index contributed by atoms with van der Waals surface area (Å²) >= 11 is 0. The zero-order valence-electron chi connectivity index (χ0n) is 33.4. The molecule has 300 valence electrons. The predicted molar refractivity (Wildman–Crippen MR) is 198 cm³/mol. The smallest absolute Gasteiger partial charge is 0.435 e. The second-order valence-electron chi connectivity index (χ2n) is 14.4. The minimum atomic E-state index is -0.780. The van der Waals surface area contributed by atoms with Crippen LogP contribution in [0.2, 0.25) is 0 Å². The van der Waals surface area contributed by atoms with Gasteiger partial charge in [0.15, 0.2) is 5.96 Å². The van der Waals surface area contributed by atoms with Crippen molar-refractivity contribution in [2.24, 2.45) is 26.4 Å². The minimum Gasteiger partial charge on any atom is -0.444 e. The number of alkyl carbamates (subject to hydrolysis) is 3. The minimum absolute atomic E-state index is 0.0175. The maximum Gasteiger partial charge on any atom is 0.435 e. The number of guanidine groups is 2. The second-order valence-corrected chi connectivity index (χ2v) is 14.4. The molecule has 0 aliphatic carbocycles. The third-order valence-electron chi connectivity index (χ3n) is 4.37. The fourth-order valence-electron chi connectivity index (χ4n) is 2.62. The van der Waals surface area contributed by atoms with E-state index in [-0.39, 0.29) is 42.5 Å². The molecule has 0 rings (SSSR count). The average molecular weight is 747 g/mol. The first kappa shape index (κ1) is 51.2.